The van der Waals surface area contributed by atoms with Gasteiger partial charge in [-0.3, -0.25) is 9.69 Å². The zero-order chi connectivity index (χ0) is 15.2. The van der Waals surface area contributed by atoms with Crippen molar-refractivity contribution in [1.82, 2.24) is 9.80 Å². The highest BCUT2D eigenvalue weighted by molar-refractivity contribution is 7.16. The summed E-state index contributed by atoms with van der Waals surface area (Å²) in [5.41, 5.74) is 0. The van der Waals surface area contributed by atoms with Gasteiger partial charge in [-0.2, -0.15) is 0 Å². The van der Waals surface area contributed by atoms with E-state index >= 15 is 0 Å². The van der Waals surface area contributed by atoms with Crippen LogP contribution in [-0.4, -0.2) is 41.4 Å². The van der Waals surface area contributed by atoms with Crippen molar-refractivity contribution in [3.63, 3.8) is 0 Å². The Morgan fingerprint density at radius 2 is 2.38 bits per heavy atom. The highest BCUT2D eigenvalue weighted by Gasteiger charge is 2.31. The molecule has 1 unspecified atom stereocenters. The summed E-state index contributed by atoms with van der Waals surface area (Å²) < 4.78 is 0.764. The van der Waals surface area contributed by atoms with Crippen molar-refractivity contribution in [2.45, 2.75) is 38.8 Å². The molecule has 1 aliphatic heterocycles. The number of nitrogens with zero attached hydrogens (tertiary/aromatic N) is 2. The van der Waals surface area contributed by atoms with Crippen LogP contribution in [0.25, 0.3) is 0 Å². The number of hydrogen-bond acceptors (Lipinski definition) is 3. The zero-order valence-electron chi connectivity index (χ0n) is 12.3. The number of piperidine rings is 1. The van der Waals surface area contributed by atoms with Gasteiger partial charge in [0.1, 0.15) is 0 Å². The van der Waals surface area contributed by atoms with Crippen molar-refractivity contribution >= 4 is 28.8 Å². The van der Waals surface area contributed by atoms with Crippen LogP contribution in [0.15, 0.2) is 12.1 Å². The molecular formula is C16H21ClN2OS. The fourth-order valence-electron chi connectivity index (χ4n) is 2.76. The summed E-state index contributed by atoms with van der Waals surface area (Å²) in [5, 5.41) is 0. The average Bonchev–Trinajstić information content (AvgIpc) is 2.90. The number of rotatable bonds is 5. The van der Waals surface area contributed by atoms with Gasteiger partial charge in [0, 0.05) is 11.4 Å². The van der Waals surface area contributed by atoms with Gasteiger partial charge in [0.25, 0.3) is 0 Å². The van der Waals surface area contributed by atoms with Crippen molar-refractivity contribution in [3.05, 3.63) is 21.3 Å². The molecule has 0 saturated carbocycles. The van der Waals surface area contributed by atoms with Gasteiger partial charge in [-0.25, -0.2) is 0 Å². The molecule has 114 valence electrons. The van der Waals surface area contributed by atoms with Gasteiger partial charge in [0.05, 0.1) is 23.5 Å². The van der Waals surface area contributed by atoms with Crippen molar-refractivity contribution in [2.75, 3.05) is 19.6 Å². The smallest absolute Gasteiger partial charge is 0.240 e. The lowest BCUT2D eigenvalue weighted by molar-refractivity contribution is -0.138. The quantitative estimate of drug-likeness (QED) is 0.776. The first-order valence-corrected chi connectivity index (χ1v) is 8.55. The number of amides is 1. The van der Waals surface area contributed by atoms with Gasteiger partial charge in [-0.05, 0) is 38.4 Å². The topological polar surface area (TPSA) is 23.6 Å². The summed E-state index contributed by atoms with van der Waals surface area (Å²) in [7, 11) is 0. The number of likely N-dealkylation sites (tertiary alicyclic amines) is 1. The average molecular weight is 325 g/mol. The minimum absolute atomic E-state index is 0.0646. The van der Waals surface area contributed by atoms with Crippen LogP contribution in [0.1, 0.15) is 31.1 Å². The third kappa shape index (κ3) is 4.23. The van der Waals surface area contributed by atoms with E-state index in [9.17, 15) is 4.79 Å². The molecule has 1 aromatic rings. The fraction of sp³-hybridized carbons (Fsp3) is 0.562. The van der Waals surface area contributed by atoms with Crippen LogP contribution >= 0.6 is 22.9 Å². The predicted octanol–water partition coefficient (Wildman–Crippen LogP) is 3.24. The summed E-state index contributed by atoms with van der Waals surface area (Å²) in [4.78, 5) is 18.0. The Labute approximate surface area is 135 Å². The van der Waals surface area contributed by atoms with E-state index in [2.05, 4.69) is 10.8 Å². The Bertz CT molecular complexity index is 523. The number of likely N-dealkylation sites (N-methyl/N-ethyl adjacent to an activating group) is 1. The van der Waals surface area contributed by atoms with Crippen LogP contribution in [0.4, 0.5) is 0 Å². The molecule has 21 heavy (non-hydrogen) atoms. The lowest BCUT2D eigenvalue weighted by Gasteiger charge is -2.36. The van der Waals surface area contributed by atoms with E-state index in [4.69, 9.17) is 18.0 Å². The minimum Gasteiger partial charge on any atom is -0.336 e. The third-order valence-electron chi connectivity index (χ3n) is 3.86. The maximum absolute atomic E-state index is 12.8. The van der Waals surface area contributed by atoms with Crippen molar-refractivity contribution in [2.24, 2.45) is 0 Å². The van der Waals surface area contributed by atoms with Gasteiger partial charge >= 0.3 is 0 Å². The van der Waals surface area contributed by atoms with Gasteiger partial charge in [-0.15, -0.1) is 17.8 Å². The molecule has 2 heterocycles. The maximum atomic E-state index is 12.8. The monoisotopic (exact) mass is 324 g/mol. The molecule has 1 amide bonds. The first kappa shape index (κ1) is 16.4. The second-order valence-corrected chi connectivity index (χ2v) is 7.04. The molecule has 1 saturated heterocycles. The number of terminal acetylenes is 1. The standard InChI is InChI=1S/C16H21ClN2OS/c1-3-10-19-11-6-5-7-14(19)16(20)18(4-2)12-13-8-9-15(17)21-13/h1,8-9,14H,4-7,10-12H2,2H3. The molecule has 2 rings (SSSR count). The van der Waals surface area contributed by atoms with E-state index in [-0.39, 0.29) is 11.9 Å². The molecule has 3 nitrogen and oxygen atoms in total. The van der Waals surface area contributed by atoms with Crippen LogP contribution in [0.2, 0.25) is 4.34 Å². The number of carbonyl (C=O) groups is 1. The van der Waals surface area contributed by atoms with E-state index in [0.29, 0.717) is 19.6 Å². The second kappa shape index (κ2) is 7.84. The first-order valence-electron chi connectivity index (χ1n) is 7.36. The number of hydrogen-bond donors (Lipinski definition) is 0. The first-order chi connectivity index (χ1) is 10.2. The lowest BCUT2D eigenvalue weighted by atomic mass is 10.0. The minimum atomic E-state index is -0.0646. The molecule has 1 aromatic heterocycles. The van der Waals surface area contributed by atoms with E-state index in [1.165, 1.54) is 11.3 Å². The van der Waals surface area contributed by atoms with E-state index < -0.39 is 0 Å². The fourth-order valence-corrected chi connectivity index (χ4v) is 3.86. The Hall–Kier alpha value is -1.02. The van der Waals surface area contributed by atoms with Gasteiger partial charge in [-0.1, -0.05) is 23.9 Å². The number of halogens is 1. The normalized spacial score (nSPS) is 19.2. The molecule has 0 N–H and O–H groups in total. The molecule has 1 atom stereocenters. The molecule has 1 fully saturated rings. The maximum Gasteiger partial charge on any atom is 0.240 e. The summed E-state index contributed by atoms with van der Waals surface area (Å²) >= 11 is 7.50. The Morgan fingerprint density at radius 3 is 3.00 bits per heavy atom. The summed E-state index contributed by atoms with van der Waals surface area (Å²) in [5.74, 6) is 2.86. The molecule has 0 bridgehead atoms. The summed E-state index contributed by atoms with van der Waals surface area (Å²) in [6.07, 6.45) is 8.55. The van der Waals surface area contributed by atoms with Crippen LogP contribution in [0.3, 0.4) is 0 Å². The Balaban J connectivity index is 2.05. The van der Waals surface area contributed by atoms with E-state index in [1.54, 1.807) is 0 Å². The van der Waals surface area contributed by atoms with E-state index in [0.717, 1.165) is 35.0 Å². The Kier molecular flexibility index (Phi) is 6.10. The molecule has 1 aliphatic rings. The summed E-state index contributed by atoms with van der Waals surface area (Å²) in [6.45, 7) is 4.82. The van der Waals surface area contributed by atoms with Crippen LogP contribution in [0, 0.1) is 12.3 Å². The van der Waals surface area contributed by atoms with Gasteiger partial charge in [0.2, 0.25) is 5.91 Å². The van der Waals surface area contributed by atoms with Crippen LogP contribution in [0.5, 0.6) is 0 Å². The SMILES string of the molecule is C#CCN1CCCCC1C(=O)N(CC)Cc1ccc(Cl)s1. The second-order valence-electron chi connectivity index (χ2n) is 5.24. The number of thiophene rings is 1. The van der Waals surface area contributed by atoms with Crippen molar-refractivity contribution in [3.8, 4) is 12.3 Å². The zero-order valence-corrected chi connectivity index (χ0v) is 13.9. The van der Waals surface area contributed by atoms with Crippen LogP contribution < -0.4 is 0 Å². The number of carbonyl (C=O) groups excluding carboxylic acids is 1. The largest absolute Gasteiger partial charge is 0.336 e. The third-order valence-corrected chi connectivity index (χ3v) is 5.08. The molecule has 0 spiro atoms. The highest BCUT2D eigenvalue weighted by Crippen LogP contribution is 2.24. The highest BCUT2D eigenvalue weighted by atomic mass is 35.5. The predicted molar refractivity (Wildman–Crippen MR) is 88.5 cm³/mol. The molecule has 0 aromatic carbocycles. The lowest BCUT2D eigenvalue weighted by Crippen LogP contribution is -2.50. The molecular weight excluding hydrogens is 304 g/mol. The van der Waals surface area contributed by atoms with Crippen molar-refractivity contribution in [1.29, 1.82) is 0 Å². The van der Waals surface area contributed by atoms with Crippen LogP contribution in [-0.2, 0) is 11.3 Å². The van der Waals surface area contributed by atoms with E-state index in [1.807, 2.05) is 24.0 Å². The van der Waals surface area contributed by atoms with Gasteiger partial charge < -0.3 is 4.90 Å². The van der Waals surface area contributed by atoms with Crippen molar-refractivity contribution < 1.29 is 4.79 Å². The molecule has 0 radical (unpaired) electrons. The summed E-state index contributed by atoms with van der Waals surface area (Å²) in [6, 6.07) is 3.80. The molecule has 0 aliphatic carbocycles. The Morgan fingerprint density at radius 1 is 1.57 bits per heavy atom. The van der Waals surface area contributed by atoms with Gasteiger partial charge in [0.15, 0.2) is 0 Å². The molecule has 5 heteroatoms.